The molecular weight excluding hydrogens is 269 g/mol. The van der Waals surface area contributed by atoms with Crippen molar-refractivity contribution < 1.29 is 13.2 Å². The number of hydrogen-bond acceptors (Lipinski definition) is 4. The first-order valence-electron chi connectivity index (χ1n) is 4.79. The molecule has 92 valence electrons. The van der Waals surface area contributed by atoms with E-state index in [4.69, 9.17) is 0 Å². The Balaban J connectivity index is 2.07. The summed E-state index contributed by atoms with van der Waals surface area (Å²) in [6.45, 7) is 1.89. The maximum Gasteiger partial charge on any atom is 0.434 e. The largest absolute Gasteiger partial charge is 0.434 e. The average molecular weight is 278 g/mol. The fraction of sp³-hybridized carbons (Fsp3) is 0.300. The van der Waals surface area contributed by atoms with Gasteiger partial charge in [-0.1, -0.05) is 6.07 Å². The number of halogens is 3. The molecule has 2 heterocycles. The van der Waals surface area contributed by atoms with Gasteiger partial charge < -0.3 is 5.32 Å². The molecule has 1 unspecified atom stereocenters. The number of anilines is 1. The smallest absolute Gasteiger partial charge is 0.354 e. The Labute approximate surface area is 104 Å². The lowest BCUT2D eigenvalue weighted by Gasteiger charge is -2.10. The first kappa shape index (κ1) is 12.4. The summed E-state index contributed by atoms with van der Waals surface area (Å²) in [7, 11) is 0. The van der Waals surface area contributed by atoms with Crippen LogP contribution in [-0.4, -0.2) is 4.98 Å². The van der Waals surface area contributed by atoms with Crippen molar-refractivity contribution in [3.63, 3.8) is 0 Å². The van der Waals surface area contributed by atoms with Crippen molar-refractivity contribution in [3.8, 4) is 0 Å². The van der Waals surface area contributed by atoms with Crippen LogP contribution in [0.2, 0.25) is 0 Å². The molecule has 17 heavy (non-hydrogen) atoms. The predicted molar refractivity (Wildman–Crippen MR) is 63.5 cm³/mol. The van der Waals surface area contributed by atoms with Crippen molar-refractivity contribution in [3.05, 3.63) is 33.5 Å². The minimum Gasteiger partial charge on any atom is -0.354 e. The molecule has 2 aromatic heterocycles. The summed E-state index contributed by atoms with van der Waals surface area (Å²) in [4.78, 5) is 4.58. The lowest BCUT2D eigenvalue weighted by Crippen LogP contribution is -2.07. The average Bonchev–Trinajstić information content (AvgIpc) is 2.85. The van der Waals surface area contributed by atoms with Crippen LogP contribution in [0.25, 0.3) is 0 Å². The Morgan fingerprint density at radius 2 is 2.12 bits per heavy atom. The van der Waals surface area contributed by atoms with Crippen LogP contribution < -0.4 is 5.32 Å². The summed E-state index contributed by atoms with van der Waals surface area (Å²) in [5.74, 6) is 0. The molecule has 0 fully saturated rings. The first-order valence-corrected chi connectivity index (χ1v) is 6.55. The third-order valence-electron chi connectivity index (χ3n) is 2.10. The lowest BCUT2D eigenvalue weighted by molar-refractivity contribution is -0.140. The van der Waals surface area contributed by atoms with Crippen molar-refractivity contribution in [2.45, 2.75) is 19.1 Å². The Kier molecular flexibility index (Phi) is 3.39. The van der Waals surface area contributed by atoms with Gasteiger partial charge in [-0.25, -0.2) is 4.98 Å². The minimum absolute atomic E-state index is 0.0396. The van der Waals surface area contributed by atoms with Crippen LogP contribution in [0.15, 0.2) is 22.9 Å². The molecule has 0 spiro atoms. The summed E-state index contributed by atoms with van der Waals surface area (Å²) < 4.78 is 37.0. The number of hydrogen-bond donors (Lipinski definition) is 1. The summed E-state index contributed by atoms with van der Waals surface area (Å²) in [5, 5.41) is 6.19. The van der Waals surface area contributed by atoms with E-state index in [0.29, 0.717) is 5.13 Å². The number of rotatable bonds is 3. The summed E-state index contributed by atoms with van der Waals surface area (Å²) in [6, 6.07) is 3.80. The topological polar surface area (TPSA) is 24.9 Å². The Morgan fingerprint density at radius 1 is 1.35 bits per heavy atom. The van der Waals surface area contributed by atoms with Gasteiger partial charge in [0.2, 0.25) is 0 Å². The molecule has 2 rings (SSSR count). The van der Waals surface area contributed by atoms with Gasteiger partial charge in [-0.15, -0.1) is 22.7 Å². The van der Waals surface area contributed by atoms with Gasteiger partial charge in [0.1, 0.15) is 0 Å². The zero-order chi connectivity index (χ0) is 12.5. The van der Waals surface area contributed by atoms with Gasteiger partial charge in [-0.05, 0) is 18.4 Å². The van der Waals surface area contributed by atoms with Gasteiger partial charge in [0.05, 0.1) is 6.04 Å². The highest BCUT2D eigenvalue weighted by molar-refractivity contribution is 7.13. The van der Waals surface area contributed by atoms with Crippen LogP contribution in [0, 0.1) is 0 Å². The number of thiophene rings is 1. The Hall–Kier alpha value is -1.08. The maximum atomic E-state index is 12.3. The van der Waals surface area contributed by atoms with Gasteiger partial charge in [-0.2, -0.15) is 13.2 Å². The molecule has 2 aromatic rings. The molecule has 7 heteroatoms. The molecular formula is C10H9F3N2S2. The Bertz CT molecular complexity index is 476. The standard InChI is InChI=1S/C10H9F3N2S2/c1-6(7-3-2-4-16-7)14-9-15-8(5-17-9)10(11,12)13/h2-6H,1H3,(H,14,15). The zero-order valence-electron chi connectivity index (χ0n) is 8.78. The molecule has 0 bridgehead atoms. The van der Waals surface area contributed by atoms with Gasteiger partial charge in [0.15, 0.2) is 10.8 Å². The van der Waals surface area contributed by atoms with Crippen molar-refractivity contribution in [1.29, 1.82) is 0 Å². The highest BCUT2D eigenvalue weighted by Crippen LogP contribution is 2.33. The first-order chi connectivity index (χ1) is 7.97. The summed E-state index contributed by atoms with van der Waals surface area (Å²) >= 11 is 2.52. The highest BCUT2D eigenvalue weighted by Gasteiger charge is 2.33. The third kappa shape index (κ3) is 2.98. The van der Waals surface area contributed by atoms with Crippen LogP contribution in [0.5, 0.6) is 0 Å². The van der Waals surface area contributed by atoms with Crippen LogP contribution in [0.1, 0.15) is 23.5 Å². The number of alkyl halides is 3. The van der Waals surface area contributed by atoms with Crippen LogP contribution in [-0.2, 0) is 6.18 Å². The fourth-order valence-corrected chi connectivity index (χ4v) is 2.80. The van der Waals surface area contributed by atoms with Gasteiger partial charge in [0, 0.05) is 10.3 Å². The summed E-state index contributed by atoms with van der Waals surface area (Å²) in [6.07, 6.45) is -4.37. The molecule has 1 N–H and O–H groups in total. The van der Waals surface area contributed by atoms with E-state index >= 15 is 0 Å². The van der Waals surface area contributed by atoms with E-state index in [1.807, 2.05) is 24.4 Å². The molecule has 0 radical (unpaired) electrons. The van der Waals surface area contributed by atoms with Gasteiger partial charge in [0.25, 0.3) is 0 Å². The van der Waals surface area contributed by atoms with Crippen molar-refractivity contribution in [1.82, 2.24) is 4.98 Å². The van der Waals surface area contributed by atoms with Crippen molar-refractivity contribution in [2.24, 2.45) is 0 Å². The maximum absolute atomic E-state index is 12.3. The lowest BCUT2D eigenvalue weighted by atomic mass is 10.3. The number of aromatic nitrogens is 1. The zero-order valence-corrected chi connectivity index (χ0v) is 10.4. The summed E-state index contributed by atoms with van der Waals surface area (Å²) in [5.41, 5.74) is -0.844. The third-order valence-corrected chi connectivity index (χ3v) is 3.93. The second-order valence-corrected chi connectivity index (χ2v) is 5.25. The monoisotopic (exact) mass is 278 g/mol. The molecule has 0 amide bonds. The van der Waals surface area contributed by atoms with E-state index in [-0.39, 0.29) is 6.04 Å². The molecule has 0 aromatic carbocycles. The Morgan fingerprint density at radius 3 is 2.65 bits per heavy atom. The molecule has 2 nitrogen and oxygen atoms in total. The molecule has 0 aliphatic heterocycles. The molecule has 0 saturated carbocycles. The SMILES string of the molecule is CC(Nc1nc(C(F)(F)F)cs1)c1cccs1. The van der Waals surface area contributed by atoms with E-state index < -0.39 is 11.9 Å². The van der Waals surface area contributed by atoms with Crippen molar-refractivity contribution in [2.75, 3.05) is 5.32 Å². The number of nitrogens with one attached hydrogen (secondary N) is 1. The van der Waals surface area contributed by atoms with Gasteiger partial charge in [-0.3, -0.25) is 0 Å². The van der Waals surface area contributed by atoms with E-state index in [9.17, 15) is 13.2 Å². The molecule has 0 aliphatic carbocycles. The number of nitrogens with zero attached hydrogens (tertiary/aromatic N) is 1. The highest BCUT2D eigenvalue weighted by atomic mass is 32.1. The quantitative estimate of drug-likeness (QED) is 0.900. The van der Waals surface area contributed by atoms with E-state index in [1.165, 1.54) is 0 Å². The molecule has 1 atom stereocenters. The van der Waals surface area contributed by atoms with Crippen molar-refractivity contribution >= 4 is 27.8 Å². The van der Waals surface area contributed by atoms with E-state index in [1.54, 1.807) is 11.3 Å². The van der Waals surface area contributed by atoms with Gasteiger partial charge >= 0.3 is 6.18 Å². The van der Waals surface area contributed by atoms with Crippen LogP contribution in [0.4, 0.5) is 18.3 Å². The van der Waals surface area contributed by atoms with Crippen LogP contribution >= 0.6 is 22.7 Å². The predicted octanol–water partition coefficient (Wildman–Crippen LogP) is 4.40. The van der Waals surface area contributed by atoms with Crippen LogP contribution in [0.3, 0.4) is 0 Å². The molecule has 0 aliphatic rings. The number of thiazole rings is 1. The molecule has 0 saturated heterocycles. The second-order valence-electron chi connectivity index (χ2n) is 3.42. The second kappa shape index (κ2) is 4.66. The van der Waals surface area contributed by atoms with E-state index in [2.05, 4.69) is 10.3 Å². The normalized spacial score (nSPS) is 13.6. The van der Waals surface area contributed by atoms with E-state index in [0.717, 1.165) is 21.6 Å². The fourth-order valence-electron chi connectivity index (χ4n) is 1.26. The minimum atomic E-state index is -4.37.